The number of ether oxygens (including phenoxy) is 1. The summed E-state index contributed by atoms with van der Waals surface area (Å²) in [5, 5.41) is 6.64. The summed E-state index contributed by atoms with van der Waals surface area (Å²) < 4.78 is 7.45. The number of hydrogen-bond donors (Lipinski definition) is 2. The first-order valence-electron chi connectivity index (χ1n) is 9.85. The Labute approximate surface area is 173 Å². The largest absolute Gasteiger partial charge is 0.378 e. The van der Waals surface area contributed by atoms with Crippen molar-refractivity contribution in [3.63, 3.8) is 0 Å². The van der Waals surface area contributed by atoms with Crippen LogP contribution in [0, 0.1) is 6.92 Å². The van der Waals surface area contributed by atoms with Crippen LogP contribution < -0.4 is 15.5 Å². The smallest absolute Gasteiger partial charge is 0.232 e. The van der Waals surface area contributed by atoms with Crippen LogP contribution in [0.2, 0.25) is 0 Å². The minimum Gasteiger partial charge on any atom is -0.378 e. The van der Waals surface area contributed by atoms with Crippen LogP contribution in [0.15, 0.2) is 55.1 Å². The number of pyridine rings is 2. The summed E-state index contributed by atoms with van der Waals surface area (Å²) >= 11 is 0. The van der Waals surface area contributed by atoms with E-state index in [-0.39, 0.29) is 0 Å². The number of morpholine rings is 1. The van der Waals surface area contributed by atoms with Crippen molar-refractivity contribution in [3.05, 3.63) is 60.7 Å². The van der Waals surface area contributed by atoms with Crippen molar-refractivity contribution in [3.8, 4) is 0 Å². The molecule has 0 aliphatic carbocycles. The van der Waals surface area contributed by atoms with Crippen LogP contribution in [-0.4, -0.2) is 50.6 Å². The second kappa shape index (κ2) is 7.96. The highest BCUT2D eigenvalue weighted by molar-refractivity contribution is 5.66. The van der Waals surface area contributed by atoms with Gasteiger partial charge in [0, 0.05) is 55.7 Å². The van der Waals surface area contributed by atoms with E-state index in [0.29, 0.717) is 25.0 Å². The SMILES string of the molecule is Cc1cccnc1Nc1nc(Nc2ccn3ccnc3c2)cc(N2CCOCC2)n1. The third kappa shape index (κ3) is 3.87. The Kier molecular flexibility index (Phi) is 4.86. The van der Waals surface area contributed by atoms with Crippen LogP contribution in [0.5, 0.6) is 0 Å². The van der Waals surface area contributed by atoms with Gasteiger partial charge in [-0.05, 0) is 24.6 Å². The average Bonchev–Trinajstić information content (AvgIpc) is 3.24. The van der Waals surface area contributed by atoms with Gasteiger partial charge in [-0.1, -0.05) is 6.07 Å². The van der Waals surface area contributed by atoms with E-state index in [1.165, 1.54) is 0 Å². The van der Waals surface area contributed by atoms with Gasteiger partial charge in [0.2, 0.25) is 5.95 Å². The fourth-order valence-electron chi connectivity index (χ4n) is 3.37. The maximum absolute atomic E-state index is 5.49. The van der Waals surface area contributed by atoms with Crippen molar-refractivity contribution in [2.45, 2.75) is 6.92 Å². The van der Waals surface area contributed by atoms with Crippen molar-refractivity contribution < 1.29 is 4.74 Å². The number of aryl methyl sites for hydroxylation is 1. The lowest BCUT2D eigenvalue weighted by molar-refractivity contribution is 0.122. The summed E-state index contributed by atoms with van der Waals surface area (Å²) in [5.41, 5.74) is 2.79. The van der Waals surface area contributed by atoms with Crippen molar-refractivity contribution in [1.29, 1.82) is 0 Å². The van der Waals surface area contributed by atoms with E-state index in [9.17, 15) is 0 Å². The summed E-state index contributed by atoms with van der Waals surface area (Å²) in [6.07, 6.45) is 7.40. The number of fused-ring (bicyclic) bond motifs is 1. The van der Waals surface area contributed by atoms with Gasteiger partial charge in [0.15, 0.2) is 0 Å². The van der Waals surface area contributed by atoms with Crippen LogP contribution in [0.25, 0.3) is 5.65 Å². The predicted molar refractivity (Wildman–Crippen MR) is 116 cm³/mol. The quantitative estimate of drug-likeness (QED) is 0.526. The molecule has 0 unspecified atom stereocenters. The Bertz CT molecular complexity index is 1170. The van der Waals surface area contributed by atoms with Crippen molar-refractivity contribution >= 4 is 34.7 Å². The van der Waals surface area contributed by atoms with E-state index < -0.39 is 0 Å². The van der Waals surface area contributed by atoms with Gasteiger partial charge in [0.25, 0.3) is 0 Å². The van der Waals surface area contributed by atoms with E-state index in [1.54, 1.807) is 12.4 Å². The number of nitrogens with zero attached hydrogens (tertiary/aromatic N) is 6. The molecule has 9 heteroatoms. The molecule has 0 radical (unpaired) electrons. The first kappa shape index (κ1) is 18.3. The minimum atomic E-state index is 0.491. The van der Waals surface area contributed by atoms with Crippen LogP contribution in [0.3, 0.4) is 0 Å². The number of nitrogens with one attached hydrogen (secondary N) is 2. The molecule has 0 amide bonds. The molecule has 1 fully saturated rings. The van der Waals surface area contributed by atoms with E-state index >= 15 is 0 Å². The van der Waals surface area contributed by atoms with E-state index in [4.69, 9.17) is 9.72 Å². The van der Waals surface area contributed by atoms with Gasteiger partial charge in [-0.2, -0.15) is 9.97 Å². The average molecular weight is 402 g/mol. The predicted octanol–water partition coefficient (Wildman–Crippen LogP) is 3.15. The molecule has 0 bridgehead atoms. The maximum Gasteiger partial charge on any atom is 0.232 e. The molecule has 0 aromatic carbocycles. The lowest BCUT2D eigenvalue weighted by Gasteiger charge is -2.28. The second-order valence-corrected chi connectivity index (χ2v) is 7.06. The number of rotatable bonds is 5. The lowest BCUT2D eigenvalue weighted by atomic mass is 10.3. The summed E-state index contributed by atoms with van der Waals surface area (Å²) in [7, 11) is 0. The Morgan fingerprint density at radius 2 is 1.87 bits per heavy atom. The van der Waals surface area contributed by atoms with Gasteiger partial charge >= 0.3 is 0 Å². The maximum atomic E-state index is 5.49. The molecular weight excluding hydrogens is 380 g/mol. The molecule has 5 rings (SSSR count). The van der Waals surface area contributed by atoms with E-state index in [2.05, 4.69) is 30.5 Å². The number of hydrogen-bond acceptors (Lipinski definition) is 8. The summed E-state index contributed by atoms with van der Waals surface area (Å²) in [4.78, 5) is 20.3. The number of anilines is 5. The van der Waals surface area contributed by atoms with Crippen LogP contribution in [0.1, 0.15) is 5.56 Å². The van der Waals surface area contributed by atoms with E-state index in [0.717, 1.165) is 41.6 Å². The van der Waals surface area contributed by atoms with Crippen LogP contribution >= 0.6 is 0 Å². The highest BCUT2D eigenvalue weighted by Crippen LogP contribution is 2.24. The van der Waals surface area contributed by atoms with Crippen molar-refractivity contribution in [2.75, 3.05) is 41.8 Å². The first-order valence-corrected chi connectivity index (χ1v) is 9.85. The lowest BCUT2D eigenvalue weighted by Crippen LogP contribution is -2.36. The Morgan fingerprint density at radius 3 is 2.73 bits per heavy atom. The molecule has 0 atom stereocenters. The molecule has 152 valence electrons. The summed E-state index contributed by atoms with van der Waals surface area (Å²) in [5.74, 6) is 2.76. The molecule has 5 heterocycles. The van der Waals surface area contributed by atoms with Gasteiger partial charge in [-0.15, -0.1) is 0 Å². The molecular formula is C21H22N8O. The summed E-state index contributed by atoms with van der Waals surface area (Å²) in [6.45, 7) is 4.95. The molecule has 1 saturated heterocycles. The molecule has 0 spiro atoms. The minimum absolute atomic E-state index is 0.491. The zero-order valence-corrected chi connectivity index (χ0v) is 16.6. The number of aromatic nitrogens is 5. The molecule has 2 N–H and O–H groups in total. The third-order valence-electron chi connectivity index (χ3n) is 4.96. The van der Waals surface area contributed by atoms with Crippen LogP contribution in [-0.2, 0) is 4.74 Å². The molecule has 4 aromatic rings. The molecule has 4 aromatic heterocycles. The van der Waals surface area contributed by atoms with E-state index in [1.807, 2.05) is 54.0 Å². The standard InChI is InChI=1S/C21H22N8O/c1-15-3-2-5-23-20(15)27-21-25-17(14-19(26-21)29-9-11-30-12-10-29)24-16-4-7-28-8-6-22-18(28)13-16/h2-8,13-14H,9-12H2,1H3,(H2,23,24,25,26,27). The van der Waals surface area contributed by atoms with Crippen LogP contribution in [0.4, 0.5) is 29.1 Å². The third-order valence-corrected chi connectivity index (χ3v) is 4.96. The molecule has 30 heavy (non-hydrogen) atoms. The topological polar surface area (TPSA) is 92.5 Å². The Morgan fingerprint density at radius 1 is 0.967 bits per heavy atom. The highest BCUT2D eigenvalue weighted by Gasteiger charge is 2.16. The van der Waals surface area contributed by atoms with Crippen molar-refractivity contribution in [1.82, 2.24) is 24.3 Å². The molecule has 0 saturated carbocycles. The van der Waals surface area contributed by atoms with Gasteiger partial charge < -0.3 is 24.7 Å². The van der Waals surface area contributed by atoms with Gasteiger partial charge in [-0.25, -0.2) is 9.97 Å². The number of imidazole rings is 1. The zero-order valence-electron chi connectivity index (χ0n) is 16.6. The fraction of sp³-hybridized carbons (Fsp3) is 0.238. The Hall–Kier alpha value is -3.72. The Balaban J connectivity index is 1.48. The van der Waals surface area contributed by atoms with Gasteiger partial charge in [0.05, 0.1) is 13.2 Å². The van der Waals surface area contributed by atoms with Gasteiger partial charge in [0.1, 0.15) is 23.1 Å². The summed E-state index contributed by atoms with van der Waals surface area (Å²) in [6, 6.07) is 9.83. The zero-order chi connectivity index (χ0) is 20.3. The first-order chi connectivity index (χ1) is 14.7. The van der Waals surface area contributed by atoms with Gasteiger partial charge in [-0.3, -0.25) is 0 Å². The second-order valence-electron chi connectivity index (χ2n) is 7.06. The fourth-order valence-corrected chi connectivity index (χ4v) is 3.37. The molecule has 1 aliphatic rings. The molecule has 1 aliphatic heterocycles. The van der Waals surface area contributed by atoms with Crippen molar-refractivity contribution in [2.24, 2.45) is 0 Å². The monoisotopic (exact) mass is 402 g/mol. The molecule has 9 nitrogen and oxygen atoms in total. The highest BCUT2D eigenvalue weighted by atomic mass is 16.5. The normalized spacial score (nSPS) is 14.1.